The minimum Gasteiger partial charge on any atom is -0.495 e. The number of amides is 1. The summed E-state index contributed by atoms with van der Waals surface area (Å²) in [5, 5.41) is 11.7. The molecule has 10 heteroatoms. The summed E-state index contributed by atoms with van der Waals surface area (Å²) in [6.45, 7) is 2.93. The Hall–Kier alpha value is -2.33. The van der Waals surface area contributed by atoms with Crippen molar-refractivity contribution in [2.45, 2.75) is 24.8 Å². The van der Waals surface area contributed by atoms with E-state index in [-0.39, 0.29) is 34.6 Å². The molecule has 0 aliphatic carbocycles. The smallest absolute Gasteiger partial charge is 0.322 e. The maximum atomic E-state index is 12.6. The normalized spacial score (nSPS) is 15.2. The van der Waals surface area contributed by atoms with E-state index in [1.54, 1.807) is 13.8 Å². The second kappa shape index (κ2) is 6.65. The fraction of sp³-hybridized carbons (Fsp3) is 0.429. The molecular formula is C14H18N2O7S. The summed E-state index contributed by atoms with van der Waals surface area (Å²) in [5.41, 5.74) is 0.278. The molecule has 0 saturated heterocycles. The van der Waals surface area contributed by atoms with Gasteiger partial charge in [-0.15, -0.1) is 0 Å². The highest BCUT2D eigenvalue weighted by Gasteiger charge is 2.31. The van der Waals surface area contributed by atoms with E-state index >= 15 is 0 Å². The first-order valence-electron chi connectivity index (χ1n) is 7.05. The minimum absolute atomic E-state index is 0.0417. The fourth-order valence-corrected chi connectivity index (χ4v) is 3.66. The van der Waals surface area contributed by atoms with Crippen molar-refractivity contribution < 1.29 is 32.6 Å². The fourth-order valence-electron chi connectivity index (χ4n) is 2.16. The van der Waals surface area contributed by atoms with Crippen molar-refractivity contribution in [3.8, 4) is 11.5 Å². The summed E-state index contributed by atoms with van der Waals surface area (Å²) in [5.74, 6) is -2.00. The zero-order chi connectivity index (χ0) is 18.1. The third-order valence-corrected chi connectivity index (χ3v) is 4.87. The molecule has 0 spiro atoms. The monoisotopic (exact) mass is 358 g/mol. The molecule has 0 fully saturated rings. The third kappa shape index (κ3) is 3.60. The van der Waals surface area contributed by atoms with Crippen LogP contribution in [0.5, 0.6) is 11.5 Å². The van der Waals surface area contributed by atoms with Gasteiger partial charge in [0.05, 0.1) is 12.8 Å². The molecule has 0 aromatic heterocycles. The van der Waals surface area contributed by atoms with Crippen LogP contribution in [0.2, 0.25) is 0 Å². The number of aliphatic carboxylic acids is 1. The Bertz CT molecular complexity index is 774. The number of ether oxygens (including phenoxy) is 2. The van der Waals surface area contributed by atoms with Crippen molar-refractivity contribution in [3.05, 3.63) is 12.1 Å². The minimum atomic E-state index is -4.19. The molecule has 1 unspecified atom stereocenters. The number of carboxylic acids is 1. The predicted molar refractivity (Wildman–Crippen MR) is 83.7 cm³/mol. The molecule has 0 bridgehead atoms. The lowest BCUT2D eigenvalue weighted by Gasteiger charge is -2.22. The number of hydrogen-bond donors (Lipinski definition) is 3. The average Bonchev–Trinajstić information content (AvgIpc) is 2.50. The van der Waals surface area contributed by atoms with Crippen molar-refractivity contribution in [3.63, 3.8) is 0 Å². The largest absolute Gasteiger partial charge is 0.495 e. The number of hydrogen-bond acceptors (Lipinski definition) is 6. The number of fused-ring (bicyclic) bond motifs is 1. The summed E-state index contributed by atoms with van der Waals surface area (Å²) < 4.78 is 37.6. The molecule has 132 valence electrons. The second-order valence-electron chi connectivity index (χ2n) is 5.52. The quantitative estimate of drug-likeness (QED) is 0.671. The zero-order valence-electron chi connectivity index (χ0n) is 13.3. The maximum absolute atomic E-state index is 12.6. The van der Waals surface area contributed by atoms with Gasteiger partial charge in [0.2, 0.25) is 10.0 Å². The van der Waals surface area contributed by atoms with Crippen LogP contribution < -0.4 is 19.5 Å². The number of benzene rings is 1. The average molecular weight is 358 g/mol. The van der Waals surface area contributed by atoms with Crippen molar-refractivity contribution in [1.82, 2.24) is 4.72 Å². The van der Waals surface area contributed by atoms with Gasteiger partial charge < -0.3 is 19.9 Å². The maximum Gasteiger partial charge on any atom is 0.322 e. The number of sulfonamides is 1. The number of carbonyl (C=O) groups excluding carboxylic acids is 1. The molecule has 1 aromatic rings. The van der Waals surface area contributed by atoms with Crippen LogP contribution >= 0.6 is 0 Å². The lowest BCUT2D eigenvalue weighted by Crippen LogP contribution is -2.44. The van der Waals surface area contributed by atoms with E-state index in [0.29, 0.717) is 0 Å². The molecular weight excluding hydrogens is 340 g/mol. The Balaban J connectivity index is 2.46. The first kappa shape index (κ1) is 18.0. The van der Waals surface area contributed by atoms with E-state index in [1.807, 2.05) is 0 Å². The summed E-state index contributed by atoms with van der Waals surface area (Å²) in [7, 11) is -2.92. The SMILES string of the molecule is COc1cc2c(cc1S(=O)(=O)NC(C(=O)O)C(C)C)OCC(=O)N2. The first-order chi connectivity index (χ1) is 11.2. The van der Waals surface area contributed by atoms with E-state index in [2.05, 4.69) is 10.0 Å². The van der Waals surface area contributed by atoms with Crippen molar-refractivity contribution >= 4 is 27.6 Å². The van der Waals surface area contributed by atoms with E-state index in [1.165, 1.54) is 19.2 Å². The van der Waals surface area contributed by atoms with Crippen LogP contribution in [0, 0.1) is 5.92 Å². The van der Waals surface area contributed by atoms with E-state index in [0.717, 1.165) is 0 Å². The lowest BCUT2D eigenvalue weighted by molar-refractivity contribution is -0.140. The highest BCUT2D eigenvalue weighted by Crippen LogP contribution is 2.37. The molecule has 1 amide bonds. The van der Waals surface area contributed by atoms with Gasteiger partial charge in [0.1, 0.15) is 22.4 Å². The predicted octanol–water partition coefficient (Wildman–Crippen LogP) is 0.414. The van der Waals surface area contributed by atoms with Gasteiger partial charge in [-0.05, 0) is 5.92 Å². The first-order valence-corrected chi connectivity index (χ1v) is 8.54. The van der Waals surface area contributed by atoms with Crippen molar-refractivity contribution in [2.24, 2.45) is 5.92 Å². The zero-order valence-corrected chi connectivity index (χ0v) is 14.1. The van der Waals surface area contributed by atoms with E-state index in [4.69, 9.17) is 9.47 Å². The number of nitrogens with one attached hydrogen (secondary N) is 2. The third-order valence-electron chi connectivity index (χ3n) is 3.40. The van der Waals surface area contributed by atoms with Crippen LogP contribution in [0.4, 0.5) is 5.69 Å². The number of anilines is 1. The van der Waals surface area contributed by atoms with Crippen LogP contribution in [0.25, 0.3) is 0 Å². The molecule has 1 aliphatic rings. The summed E-state index contributed by atoms with van der Waals surface area (Å²) in [4.78, 5) is 22.3. The van der Waals surface area contributed by atoms with Crippen molar-refractivity contribution in [2.75, 3.05) is 19.0 Å². The lowest BCUT2D eigenvalue weighted by atomic mass is 10.1. The molecule has 1 heterocycles. The van der Waals surface area contributed by atoms with Crippen LogP contribution in [0.3, 0.4) is 0 Å². The van der Waals surface area contributed by atoms with Gasteiger partial charge in [0.25, 0.3) is 5.91 Å². The van der Waals surface area contributed by atoms with Gasteiger partial charge in [0, 0.05) is 12.1 Å². The standard InChI is InChI=1S/C14H18N2O7S/c1-7(2)13(14(18)19)16-24(20,21)11-5-9-8(4-10(11)22-3)15-12(17)6-23-9/h4-5,7,13,16H,6H2,1-3H3,(H,15,17)(H,18,19). The van der Waals surface area contributed by atoms with Gasteiger partial charge in [-0.3, -0.25) is 9.59 Å². The Labute approximate surface area is 139 Å². The topological polar surface area (TPSA) is 131 Å². The Morgan fingerprint density at radius 1 is 1.42 bits per heavy atom. The summed E-state index contributed by atoms with van der Waals surface area (Å²) in [6.07, 6.45) is 0. The molecule has 0 radical (unpaired) electrons. The number of carboxylic acid groups (broad SMARTS) is 1. The Morgan fingerprint density at radius 2 is 2.08 bits per heavy atom. The van der Waals surface area contributed by atoms with Crippen LogP contribution in [0.15, 0.2) is 17.0 Å². The van der Waals surface area contributed by atoms with Crippen LogP contribution in [0.1, 0.15) is 13.8 Å². The van der Waals surface area contributed by atoms with Crippen LogP contribution in [-0.2, 0) is 19.6 Å². The van der Waals surface area contributed by atoms with Crippen LogP contribution in [-0.4, -0.2) is 45.2 Å². The number of rotatable bonds is 6. The van der Waals surface area contributed by atoms with E-state index in [9.17, 15) is 23.1 Å². The molecule has 1 aliphatic heterocycles. The Kier molecular flexibility index (Phi) is 4.99. The highest BCUT2D eigenvalue weighted by molar-refractivity contribution is 7.89. The highest BCUT2D eigenvalue weighted by atomic mass is 32.2. The van der Waals surface area contributed by atoms with Gasteiger partial charge in [-0.2, -0.15) is 4.72 Å². The molecule has 1 aromatic carbocycles. The van der Waals surface area contributed by atoms with Gasteiger partial charge >= 0.3 is 5.97 Å². The van der Waals surface area contributed by atoms with Gasteiger partial charge in [-0.1, -0.05) is 13.8 Å². The molecule has 1 atom stereocenters. The van der Waals surface area contributed by atoms with E-state index < -0.39 is 28.0 Å². The second-order valence-corrected chi connectivity index (χ2v) is 7.20. The van der Waals surface area contributed by atoms with Crippen molar-refractivity contribution in [1.29, 1.82) is 0 Å². The molecule has 2 rings (SSSR count). The van der Waals surface area contributed by atoms with Gasteiger partial charge in [-0.25, -0.2) is 8.42 Å². The number of methoxy groups -OCH3 is 1. The number of carbonyl (C=O) groups is 2. The molecule has 0 saturated carbocycles. The molecule has 9 nitrogen and oxygen atoms in total. The summed E-state index contributed by atoms with van der Waals surface area (Å²) in [6, 6.07) is 1.21. The Morgan fingerprint density at radius 3 is 2.62 bits per heavy atom. The molecule has 24 heavy (non-hydrogen) atoms. The summed E-state index contributed by atoms with van der Waals surface area (Å²) >= 11 is 0. The van der Waals surface area contributed by atoms with Gasteiger partial charge in [0.15, 0.2) is 6.61 Å². The molecule has 3 N–H and O–H groups in total.